The van der Waals surface area contributed by atoms with Crippen LogP contribution in [0, 0.1) is 0 Å². The molecule has 0 aliphatic rings. The summed E-state index contributed by atoms with van der Waals surface area (Å²) in [5.74, 6) is 0. The molecule has 3 heteroatoms. The van der Waals surface area contributed by atoms with Crippen molar-refractivity contribution in [2.24, 2.45) is 10.7 Å². The van der Waals surface area contributed by atoms with Crippen LogP contribution in [0.15, 0.2) is 39.9 Å². The van der Waals surface area contributed by atoms with E-state index in [-0.39, 0.29) is 0 Å². The van der Waals surface area contributed by atoms with Crippen molar-refractivity contribution < 1.29 is 0 Å². The van der Waals surface area contributed by atoms with E-state index in [1.165, 1.54) is 0 Å². The molecule has 0 amide bonds. The fraction of sp³-hybridized carbons (Fsp3) is 0.100. The Morgan fingerprint density at radius 2 is 2.00 bits per heavy atom. The first-order chi connectivity index (χ1) is 6.27. The maximum atomic E-state index is 5.46. The minimum absolute atomic E-state index is 0.926. The van der Waals surface area contributed by atoms with E-state index < -0.39 is 0 Å². The Bertz CT molecular complexity index is 325. The quantitative estimate of drug-likeness (QED) is 0.791. The van der Waals surface area contributed by atoms with Crippen LogP contribution in [0.2, 0.25) is 0 Å². The van der Waals surface area contributed by atoms with Gasteiger partial charge in [0.2, 0.25) is 0 Å². The molecule has 2 nitrogen and oxygen atoms in total. The van der Waals surface area contributed by atoms with Gasteiger partial charge < -0.3 is 5.73 Å². The Morgan fingerprint density at radius 3 is 2.46 bits per heavy atom. The molecular weight excluding hydrogens is 228 g/mol. The molecule has 0 saturated carbocycles. The standard InChI is InChI=1S/C10H11BrN2/c1-13-7-9(6-12)8-2-4-10(11)5-3-8/h2-7H,12H2,1H3. The van der Waals surface area contributed by atoms with Crippen molar-refractivity contribution in [1.29, 1.82) is 0 Å². The van der Waals surface area contributed by atoms with Gasteiger partial charge in [0, 0.05) is 29.5 Å². The summed E-state index contributed by atoms with van der Waals surface area (Å²) in [6.07, 6.45) is 3.29. The first kappa shape index (κ1) is 9.99. The Balaban J connectivity index is 3.00. The van der Waals surface area contributed by atoms with Gasteiger partial charge in [-0.2, -0.15) is 0 Å². The lowest BCUT2D eigenvalue weighted by Crippen LogP contribution is -1.90. The average Bonchev–Trinajstić information content (AvgIpc) is 2.16. The fourth-order valence-electron chi connectivity index (χ4n) is 0.995. The van der Waals surface area contributed by atoms with Gasteiger partial charge in [-0.25, -0.2) is 0 Å². The first-order valence-electron chi connectivity index (χ1n) is 3.88. The lowest BCUT2D eigenvalue weighted by atomic mass is 10.1. The van der Waals surface area contributed by atoms with E-state index in [1.807, 2.05) is 24.3 Å². The van der Waals surface area contributed by atoms with E-state index in [2.05, 4.69) is 20.9 Å². The Hall–Kier alpha value is -1.09. The molecule has 1 rings (SSSR count). The molecular formula is C10H11BrN2. The van der Waals surface area contributed by atoms with Crippen molar-refractivity contribution in [3.05, 3.63) is 40.5 Å². The van der Waals surface area contributed by atoms with Crippen molar-refractivity contribution >= 4 is 27.7 Å². The molecule has 0 aliphatic heterocycles. The van der Waals surface area contributed by atoms with Gasteiger partial charge in [-0.05, 0) is 17.7 Å². The topological polar surface area (TPSA) is 38.4 Å². The Morgan fingerprint density at radius 1 is 1.38 bits per heavy atom. The highest BCUT2D eigenvalue weighted by molar-refractivity contribution is 9.10. The highest BCUT2D eigenvalue weighted by Crippen LogP contribution is 2.15. The Labute approximate surface area is 86.3 Å². The number of aliphatic imine (C=N–C) groups is 1. The molecule has 0 bridgehead atoms. The summed E-state index contributed by atoms with van der Waals surface area (Å²) in [6.45, 7) is 0. The third kappa shape index (κ3) is 2.70. The zero-order chi connectivity index (χ0) is 9.68. The number of allylic oxidation sites excluding steroid dienone is 1. The highest BCUT2D eigenvalue weighted by Gasteiger charge is 1.96. The van der Waals surface area contributed by atoms with Gasteiger partial charge in [0.1, 0.15) is 0 Å². The molecule has 0 saturated heterocycles. The molecule has 0 radical (unpaired) electrons. The van der Waals surface area contributed by atoms with Crippen LogP contribution >= 0.6 is 15.9 Å². The fourth-order valence-corrected chi connectivity index (χ4v) is 1.26. The molecule has 0 unspecified atom stereocenters. The number of hydrogen-bond donors (Lipinski definition) is 1. The van der Waals surface area contributed by atoms with E-state index in [0.29, 0.717) is 0 Å². The molecule has 0 aliphatic carbocycles. The summed E-state index contributed by atoms with van der Waals surface area (Å²) in [7, 11) is 1.72. The summed E-state index contributed by atoms with van der Waals surface area (Å²) in [5, 5.41) is 0. The van der Waals surface area contributed by atoms with Gasteiger partial charge in [-0.15, -0.1) is 0 Å². The van der Waals surface area contributed by atoms with Crippen LogP contribution in [0.1, 0.15) is 5.56 Å². The average molecular weight is 239 g/mol. The molecule has 1 aromatic carbocycles. The largest absolute Gasteiger partial charge is 0.404 e. The van der Waals surface area contributed by atoms with Gasteiger partial charge in [0.15, 0.2) is 0 Å². The van der Waals surface area contributed by atoms with Gasteiger partial charge in [0.25, 0.3) is 0 Å². The van der Waals surface area contributed by atoms with Gasteiger partial charge in [-0.1, -0.05) is 28.1 Å². The third-order valence-electron chi connectivity index (χ3n) is 1.63. The van der Waals surface area contributed by atoms with Gasteiger partial charge >= 0.3 is 0 Å². The number of hydrogen-bond acceptors (Lipinski definition) is 2. The van der Waals surface area contributed by atoms with Crippen molar-refractivity contribution in [3.8, 4) is 0 Å². The van der Waals surface area contributed by atoms with Gasteiger partial charge in [0.05, 0.1) is 0 Å². The van der Waals surface area contributed by atoms with E-state index in [0.717, 1.165) is 15.6 Å². The van der Waals surface area contributed by atoms with Crippen LogP contribution in [0.25, 0.3) is 5.57 Å². The predicted molar refractivity (Wildman–Crippen MR) is 60.7 cm³/mol. The second kappa shape index (κ2) is 4.82. The highest BCUT2D eigenvalue weighted by atomic mass is 79.9. The number of rotatable bonds is 2. The van der Waals surface area contributed by atoms with Crippen LogP contribution < -0.4 is 5.73 Å². The number of nitrogens with two attached hydrogens (primary N) is 1. The van der Waals surface area contributed by atoms with Crippen LogP contribution in [0.3, 0.4) is 0 Å². The van der Waals surface area contributed by atoms with Crippen molar-refractivity contribution in [2.75, 3.05) is 7.05 Å². The van der Waals surface area contributed by atoms with Crippen LogP contribution in [0.5, 0.6) is 0 Å². The number of halogens is 1. The molecule has 0 spiro atoms. The van der Waals surface area contributed by atoms with E-state index in [4.69, 9.17) is 5.73 Å². The molecule has 0 heterocycles. The maximum Gasteiger partial charge on any atom is 0.0301 e. The van der Waals surface area contributed by atoms with Crippen molar-refractivity contribution in [1.82, 2.24) is 0 Å². The van der Waals surface area contributed by atoms with Gasteiger partial charge in [-0.3, -0.25) is 4.99 Å². The molecule has 0 fully saturated rings. The molecule has 2 N–H and O–H groups in total. The number of nitrogens with zero attached hydrogens (tertiary/aromatic N) is 1. The van der Waals surface area contributed by atoms with E-state index >= 15 is 0 Å². The molecule has 13 heavy (non-hydrogen) atoms. The molecule has 68 valence electrons. The molecule has 0 atom stereocenters. The summed E-state index contributed by atoms with van der Waals surface area (Å²) < 4.78 is 1.06. The molecule has 0 aromatic heterocycles. The monoisotopic (exact) mass is 238 g/mol. The minimum atomic E-state index is 0.926. The second-order valence-corrected chi connectivity index (χ2v) is 3.43. The lowest BCUT2D eigenvalue weighted by Gasteiger charge is -2.00. The predicted octanol–water partition coefficient (Wildman–Crippen LogP) is 2.45. The third-order valence-corrected chi connectivity index (χ3v) is 2.15. The van der Waals surface area contributed by atoms with E-state index in [1.54, 1.807) is 19.5 Å². The first-order valence-corrected chi connectivity index (χ1v) is 4.67. The van der Waals surface area contributed by atoms with E-state index in [9.17, 15) is 0 Å². The van der Waals surface area contributed by atoms with Crippen LogP contribution in [-0.2, 0) is 0 Å². The molecule has 1 aromatic rings. The lowest BCUT2D eigenvalue weighted by molar-refractivity contribution is 1.47. The Kier molecular flexibility index (Phi) is 3.71. The van der Waals surface area contributed by atoms with Crippen molar-refractivity contribution in [3.63, 3.8) is 0 Å². The maximum absolute atomic E-state index is 5.46. The zero-order valence-electron chi connectivity index (χ0n) is 7.37. The summed E-state index contributed by atoms with van der Waals surface area (Å²) in [6, 6.07) is 7.93. The summed E-state index contributed by atoms with van der Waals surface area (Å²) in [5.41, 5.74) is 7.46. The summed E-state index contributed by atoms with van der Waals surface area (Å²) in [4.78, 5) is 3.92. The summed E-state index contributed by atoms with van der Waals surface area (Å²) >= 11 is 3.37. The zero-order valence-corrected chi connectivity index (χ0v) is 8.95. The van der Waals surface area contributed by atoms with Crippen molar-refractivity contribution in [2.45, 2.75) is 0 Å². The normalized spacial score (nSPS) is 12.3. The minimum Gasteiger partial charge on any atom is -0.404 e. The number of benzene rings is 1. The second-order valence-electron chi connectivity index (χ2n) is 2.52. The van der Waals surface area contributed by atoms with Crippen LogP contribution in [-0.4, -0.2) is 13.3 Å². The SMILES string of the molecule is CN=CC(=CN)c1ccc(Br)cc1. The smallest absolute Gasteiger partial charge is 0.0301 e. The van der Waals surface area contributed by atoms with Crippen LogP contribution in [0.4, 0.5) is 0 Å².